The second-order valence-electron chi connectivity index (χ2n) is 25.6. The fourth-order valence-corrected chi connectivity index (χ4v) is 10.8. The van der Waals surface area contributed by atoms with Gasteiger partial charge in [0.25, 0.3) is 0 Å². The van der Waals surface area contributed by atoms with E-state index in [4.69, 9.17) is 18.9 Å². The summed E-state index contributed by atoms with van der Waals surface area (Å²) in [5, 5.41) is 38.6. The molecule has 0 bridgehead atoms. The van der Waals surface area contributed by atoms with Crippen LogP contribution in [0.5, 0.6) is 23.0 Å². The summed E-state index contributed by atoms with van der Waals surface area (Å²) < 4.78 is 20.8. The molecule has 28 nitrogen and oxygen atoms in total. The first-order valence-electron chi connectivity index (χ1n) is 37.2. The van der Waals surface area contributed by atoms with E-state index in [9.17, 15) is 0 Å². The molecule has 12 N–H and O–H groups in total. The molecule has 0 saturated heterocycles. The first-order chi connectivity index (χ1) is 57.9. The lowest BCUT2D eigenvalue weighted by molar-refractivity contribution is 0.415. The third kappa shape index (κ3) is 25.2. The minimum absolute atomic E-state index is 0.398. The van der Waals surface area contributed by atoms with Gasteiger partial charge in [-0.05, 0) is 208 Å². The predicted octanol–water partition coefficient (Wildman–Crippen LogP) is 21.1. The van der Waals surface area contributed by atoms with Crippen LogP contribution in [0, 0.1) is 13.8 Å². The number of rotatable bonds is 28. The molecule has 0 aliphatic rings. The Morgan fingerprint density at radius 2 is 0.254 bits per heavy atom. The van der Waals surface area contributed by atoms with Gasteiger partial charge in [0.1, 0.15) is 23.0 Å². The molecule has 16 aromatic rings. The Kier molecular flexibility index (Phi) is 27.7. The Morgan fingerprint density at radius 1 is 0.144 bits per heavy atom. The van der Waals surface area contributed by atoms with E-state index in [2.05, 4.69) is 131 Å². The largest absolute Gasteiger partial charge is 0.497 e. The van der Waals surface area contributed by atoms with Gasteiger partial charge in [0.15, 0.2) is 0 Å². The molecule has 0 aliphatic heterocycles. The van der Waals surface area contributed by atoms with Crippen LogP contribution in [-0.4, -0.2) is 88.2 Å². The maximum Gasteiger partial charge on any atom is 0.233 e. The van der Waals surface area contributed by atoms with Crippen LogP contribution < -0.4 is 82.7 Å². The average molecular weight is 1570 g/mol. The van der Waals surface area contributed by atoms with Crippen LogP contribution in [0.1, 0.15) is 11.1 Å². The van der Waals surface area contributed by atoms with Gasteiger partial charge in [0, 0.05) is 68.2 Å². The van der Waals surface area contributed by atoms with Gasteiger partial charge in [0.2, 0.25) is 71.4 Å². The summed E-state index contributed by atoms with van der Waals surface area (Å²) in [4.78, 5) is 54.0. The minimum Gasteiger partial charge on any atom is -0.497 e. The van der Waals surface area contributed by atoms with Crippen molar-refractivity contribution in [2.45, 2.75) is 13.8 Å². The topological polar surface area (TPSA) is 336 Å². The highest BCUT2D eigenvalue weighted by atomic mass is 16.5. The second kappa shape index (κ2) is 41.1. The maximum absolute atomic E-state index is 5.21. The standard InChI is InChI=1S/C23H22N6O2.C23H22N6O.C22H20N6O.C22H20N6/c1-30-19-12-8-17(9-13-19)25-22-27-21(24-16-6-4-3-5-7-16)28-23(29-22)26-18-10-14-20(31-2)15-11-18;1-16-8-10-18(11-9-16)25-22-27-21(24-17-6-4-3-5-7-17)28-23(29-22)26-19-12-14-20(30-2)15-13-19;1-29-19-14-12-18(13-15-19)25-22-27-20(23-16-8-4-2-5-9-16)26-21(28-22)24-17-10-6-3-7-11-17;1-16-12-14-19(15-13-16)25-22-27-20(23-17-8-4-2-5-9-17)26-21(28-22)24-18-10-6-3-7-11-18/h3-15H,1-2H3,(H3,24,25,26,27,28,29);3-15H,1-2H3,(H3,24,25,26,27,28,29);2-15H,1H3,(H3,23,24,25,26,27,28);2-15H,1H3,(H3,23,24,25,26,27,28). The van der Waals surface area contributed by atoms with Crippen molar-refractivity contribution in [2.75, 3.05) is 92.2 Å². The average Bonchev–Trinajstić information content (AvgIpc) is 0.845. The van der Waals surface area contributed by atoms with Crippen LogP contribution in [0.4, 0.5) is 140 Å². The molecule has 588 valence electrons. The van der Waals surface area contributed by atoms with Crippen LogP contribution in [0.2, 0.25) is 0 Å². The SMILES string of the molecule is COc1ccc(Nc2nc(Nc3ccccc3)nc(Nc3ccc(C)cc3)n2)cc1.COc1ccc(Nc2nc(Nc3ccccc3)nc(Nc3ccc(OC)cc3)n2)cc1.COc1ccc(Nc2nc(Nc3ccccc3)nc(Nc3ccccc3)n2)cc1.Cc1ccc(Nc2nc(Nc3ccccc3)nc(Nc3ccccc3)n2)cc1. The van der Waals surface area contributed by atoms with Crippen molar-refractivity contribution in [3.63, 3.8) is 0 Å². The number of aromatic nitrogens is 12. The van der Waals surface area contributed by atoms with Crippen molar-refractivity contribution in [3.8, 4) is 23.0 Å². The molecule has 0 spiro atoms. The van der Waals surface area contributed by atoms with Crippen molar-refractivity contribution in [2.24, 2.45) is 0 Å². The minimum atomic E-state index is 0.398. The Hall–Kier alpha value is -16.5. The van der Waals surface area contributed by atoms with Gasteiger partial charge in [-0.3, -0.25) is 0 Å². The quantitative estimate of drug-likeness (QED) is 0.0217. The third-order valence-corrected chi connectivity index (χ3v) is 16.7. The smallest absolute Gasteiger partial charge is 0.233 e. The van der Waals surface area contributed by atoms with Gasteiger partial charge in [-0.1, -0.05) is 145 Å². The van der Waals surface area contributed by atoms with E-state index in [1.54, 1.807) is 28.4 Å². The molecule has 0 amide bonds. The number of ether oxygens (including phenoxy) is 4. The van der Waals surface area contributed by atoms with E-state index >= 15 is 0 Å². The van der Waals surface area contributed by atoms with E-state index in [0.717, 1.165) is 91.2 Å². The van der Waals surface area contributed by atoms with Crippen LogP contribution in [0.15, 0.2) is 328 Å². The van der Waals surface area contributed by atoms with Crippen LogP contribution in [0.25, 0.3) is 0 Å². The Labute approximate surface area is 682 Å². The van der Waals surface area contributed by atoms with E-state index in [1.165, 1.54) is 11.1 Å². The van der Waals surface area contributed by atoms with Gasteiger partial charge >= 0.3 is 0 Å². The van der Waals surface area contributed by atoms with Crippen LogP contribution in [-0.2, 0) is 0 Å². The lowest BCUT2D eigenvalue weighted by Gasteiger charge is -2.12. The number of methoxy groups -OCH3 is 4. The highest BCUT2D eigenvalue weighted by Gasteiger charge is 2.15. The first-order valence-corrected chi connectivity index (χ1v) is 37.2. The van der Waals surface area contributed by atoms with Crippen molar-refractivity contribution in [1.29, 1.82) is 0 Å². The van der Waals surface area contributed by atoms with Crippen LogP contribution >= 0.6 is 0 Å². The predicted molar refractivity (Wildman–Crippen MR) is 472 cm³/mol. The summed E-state index contributed by atoms with van der Waals surface area (Å²) in [6.45, 7) is 4.10. The Bertz CT molecular complexity index is 5550. The summed E-state index contributed by atoms with van der Waals surface area (Å²) in [7, 11) is 6.54. The van der Waals surface area contributed by atoms with Crippen LogP contribution in [0.3, 0.4) is 0 Å². The van der Waals surface area contributed by atoms with Crippen molar-refractivity contribution >= 4 is 140 Å². The fraction of sp³-hybridized carbons (Fsp3) is 0.0667. The van der Waals surface area contributed by atoms with E-state index < -0.39 is 0 Å². The molecule has 0 radical (unpaired) electrons. The number of aryl methyl sites for hydroxylation is 2. The molecule has 118 heavy (non-hydrogen) atoms. The molecular weight excluding hydrogens is 1480 g/mol. The highest BCUT2D eigenvalue weighted by Crippen LogP contribution is 2.29. The molecule has 4 aromatic heterocycles. The fourth-order valence-electron chi connectivity index (χ4n) is 10.8. The number of para-hydroxylation sites is 6. The number of anilines is 24. The number of nitrogens with one attached hydrogen (secondary N) is 12. The Balaban J connectivity index is 0.000000136. The van der Waals surface area contributed by atoms with E-state index in [0.29, 0.717) is 71.4 Å². The molecule has 16 rings (SSSR count). The molecule has 0 atom stereocenters. The third-order valence-electron chi connectivity index (χ3n) is 16.7. The monoisotopic (exact) mass is 1560 g/mol. The van der Waals surface area contributed by atoms with E-state index in [1.807, 2.05) is 335 Å². The van der Waals surface area contributed by atoms with Gasteiger partial charge in [0.05, 0.1) is 28.4 Å². The van der Waals surface area contributed by atoms with Crippen molar-refractivity contribution in [1.82, 2.24) is 59.8 Å². The summed E-state index contributed by atoms with van der Waals surface area (Å²) in [5.41, 5.74) is 12.9. The summed E-state index contributed by atoms with van der Waals surface area (Å²) >= 11 is 0. The van der Waals surface area contributed by atoms with E-state index in [-0.39, 0.29) is 0 Å². The molecule has 0 saturated carbocycles. The van der Waals surface area contributed by atoms with Crippen molar-refractivity contribution in [3.05, 3.63) is 339 Å². The molecule has 0 unspecified atom stereocenters. The van der Waals surface area contributed by atoms with Gasteiger partial charge < -0.3 is 82.7 Å². The van der Waals surface area contributed by atoms with Gasteiger partial charge in [-0.2, -0.15) is 59.8 Å². The molecule has 0 fully saturated rings. The molecule has 4 heterocycles. The van der Waals surface area contributed by atoms with Gasteiger partial charge in [-0.25, -0.2) is 0 Å². The van der Waals surface area contributed by atoms with Gasteiger partial charge in [-0.15, -0.1) is 0 Å². The zero-order valence-corrected chi connectivity index (χ0v) is 65.2. The number of hydrogen-bond acceptors (Lipinski definition) is 28. The zero-order chi connectivity index (χ0) is 81.3. The molecule has 0 aliphatic carbocycles. The Morgan fingerprint density at radius 3 is 0.373 bits per heavy atom. The molecule has 12 aromatic carbocycles. The number of nitrogens with zero attached hydrogens (tertiary/aromatic N) is 12. The second-order valence-corrected chi connectivity index (χ2v) is 25.6. The summed E-state index contributed by atoms with van der Waals surface area (Å²) in [5.74, 6) is 8.24. The highest BCUT2D eigenvalue weighted by molar-refractivity contribution is 5.68. The van der Waals surface area contributed by atoms with Crippen molar-refractivity contribution < 1.29 is 18.9 Å². The normalized spacial score (nSPS) is 10.3. The number of benzene rings is 12. The lowest BCUT2D eigenvalue weighted by Crippen LogP contribution is -2.07. The number of hydrogen-bond donors (Lipinski definition) is 12. The lowest BCUT2D eigenvalue weighted by atomic mass is 10.2. The maximum atomic E-state index is 5.21. The first kappa shape index (κ1) is 79.6. The summed E-state index contributed by atoms with van der Waals surface area (Å²) in [6.07, 6.45) is 0. The summed E-state index contributed by atoms with van der Waals surface area (Å²) in [6, 6.07) is 105. The zero-order valence-electron chi connectivity index (χ0n) is 65.2. The molecule has 28 heteroatoms. The molecular formula is C90H84N24O4.